The number of halogens is 4. The van der Waals surface area contributed by atoms with Gasteiger partial charge in [-0.3, -0.25) is 4.57 Å². The highest BCUT2D eigenvalue weighted by Crippen LogP contribution is 2.38. The van der Waals surface area contributed by atoms with E-state index in [-0.39, 0.29) is 17.9 Å². The number of para-hydroxylation sites is 1. The van der Waals surface area contributed by atoms with Crippen LogP contribution in [0, 0.1) is 5.92 Å². The van der Waals surface area contributed by atoms with Gasteiger partial charge in [0.05, 0.1) is 22.5 Å². The molecule has 0 aliphatic heterocycles. The van der Waals surface area contributed by atoms with Crippen molar-refractivity contribution in [2.45, 2.75) is 25.2 Å². The lowest BCUT2D eigenvalue weighted by molar-refractivity contribution is -0.137. The smallest absolute Gasteiger partial charge is 0.260 e. The van der Waals surface area contributed by atoms with E-state index < -0.39 is 23.6 Å². The molecule has 0 amide bonds. The van der Waals surface area contributed by atoms with Crippen molar-refractivity contribution in [3.05, 3.63) is 70.3 Å². The lowest BCUT2D eigenvalue weighted by Crippen LogP contribution is -2.24. The summed E-state index contributed by atoms with van der Waals surface area (Å²) in [6, 6.07) is 11.6. The Kier molecular flexibility index (Phi) is 3.82. The zero-order valence-electron chi connectivity index (χ0n) is 13.5. The summed E-state index contributed by atoms with van der Waals surface area (Å²) in [4.78, 5) is 16.6. The molecule has 1 aliphatic carbocycles. The Labute approximate surface area is 145 Å². The third kappa shape index (κ3) is 2.98. The van der Waals surface area contributed by atoms with Crippen molar-refractivity contribution in [2.24, 2.45) is 5.92 Å². The first-order valence-electron chi connectivity index (χ1n) is 8.17. The first kappa shape index (κ1) is 16.8. The fraction of sp³-hybridized carbons (Fsp3) is 0.263. The third-order valence-electron chi connectivity index (χ3n) is 4.60. The van der Waals surface area contributed by atoms with E-state index in [0.717, 1.165) is 16.7 Å². The van der Waals surface area contributed by atoms with Gasteiger partial charge in [0.15, 0.2) is 0 Å². The predicted molar refractivity (Wildman–Crippen MR) is 89.0 cm³/mol. The maximum Gasteiger partial charge on any atom is 0.416 e. The van der Waals surface area contributed by atoms with Crippen LogP contribution in [0.2, 0.25) is 0 Å². The van der Waals surface area contributed by atoms with Crippen molar-refractivity contribution < 1.29 is 17.6 Å². The molecule has 0 radical (unpaired) electrons. The van der Waals surface area contributed by atoms with Gasteiger partial charge in [-0.15, -0.1) is 0 Å². The van der Waals surface area contributed by atoms with Crippen LogP contribution in [0.3, 0.4) is 0 Å². The number of rotatable bonds is 3. The summed E-state index contributed by atoms with van der Waals surface area (Å²) in [5.74, 6) is -0.222. The van der Waals surface area contributed by atoms with E-state index in [0.29, 0.717) is 23.2 Å². The minimum Gasteiger partial charge on any atom is -0.260 e. The summed E-state index contributed by atoms with van der Waals surface area (Å²) in [6.07, 6.45) is -4.83. The van der Waals surface area contributed by atoms with E-state index in [1.54, 1.807) is 30.3 Å². The fourth-order valence-corrected chi connectivity index (χ4v) is 3.12. The predicted octanol–water partition coefficient (Wildman–Crippen LogP) is 4.31. The van der Waals surface area contributed by atoms with Crippen LogP contribution in [0.15, 0.2) is 53.3 Å². The number of hydrogen-bond acceptors (Lipinski definition) is 2. The van der Waals surface area contributed by atoms with E-state index in [9.17, 15) is 22.4 Å². The highest BCUT2D eigenvalue weighted by atomic mass is 19.4. The summed E-state index contributed by atoms with van der Waals surface area (Å²) < 4.78 is 53.9. The van der Waals surface area contributed by atoms with Gasteiger partial charge in [0.1, 0.15) is 6.17 Å². The normalized spacial score (nSPS) is 19.7. The summed E-state index contributed by atoms with van der Waals surface area (Å²) in [6.45, 7) is 0. The van der Waals surface area contributed by atoms with Gasteiger partial charge in [-0.05, 0) is 43.0 Å². The molecule has 4 rings (SSSR count). The molecule has 2 aromatic carbocycles. The van der Waals surface area contributed by atoms with Gasteiger partial charge < -0.3 is 0 Å². The molecule has 1 heterocycles. The van der Waals surface area contributed by atoms with Crippen molar-refractivity contribution in [2.75, 3.05) is 0 Å². The second-order valence-electron chi connectivity index (χ2n) is 6.46. The number of alkyl halides is 4. The lowest BCUT2D eigenvalue weighted by atomic mass is 10.1. The monoisotopic (exact) mass is 362 g/mol. The molecule has 1 fully saturated rings. The Morgan fingerprint density at radius 1 is 1.12 bits per heavy atom. The molecule has 7 heteroatoms. The quantitative estimate of drug-likeness (QED) is 0.651. The molecular formula is C19H14F4N2O. The summed E-state index contributed by atoms with van der Waals surface area (Å²) in [5, 5.41) is 0.431. The van der Waals surface area contributed by atoms with E-state index in [2.05, 4.69) is 4.98 Å². The molecule has 1 aliphatic rings. The lowest BCUT2D eigenvalue weighted by Gasteiger charge is -2.15. The van der Waals surface area contributed by atoms with Gasteiger partial charge >= 0.3 is 11.9 Å². The van der Waals surface area contributed by atoms with Gasteiger partial charge in [-0.2, -0.15) is 18.2 Å². The van der Waals surface area contributed by atoms with E-state index in [4.69, 9.17) is 0 Å². The molecule has 3 nitrogen and oxygen atoms in total. The molecule has 0 N–H and O–H groups in total. The molecule has 2 atom stereocenters. The summed E-state index contributed by atoms with van der Waals surface area (Å²) >= 11 is 0. The summed E-state index contributed by atoms with van der Waals surface area (Å²) in [7, 11) is 0. The van der Waals surface area contributed by atoms with Gasteiger partial charge in [0, 0.05) is 5.39 Å². The average molecular weight is 362 g/mol. The standard InChI is InChI=1S/C19H14F4N2O/c20-15-8-11(15)9-16-14-7-6-12(19(21,22)23)10-17(14)25(18(26)24-16)13-4-2-1-3-5-13/h1-7,10-11,15H,8-9H2/t11-,15-/m1/s1. The molecule has 134 valence electrons. The van der Waals surface area contributed by atoms with Gasteiger partial charge in [0.25, 0.3) is 0 Å². The van der Waals surface area contributed by atoms with Crippen LogP contribution in [-0.4, -0.2) is 15.7 Å². The fourth-order valence-electron chi connectivity index (χ4n) is 3.12. The van der Waals surface area contributed by atoms with Crippen molar-refractivity contribution in [3.8, 4) is 5.69 Å². The maximum atomic E-state index is 13.3. The second kappa shape index (κ2) is 5.93. The zero-order chi connectivity index (χ0) is 18.5. The van der Waals surface area contributed by atoms with E-state index in [1.807, 2.05) is 0 Å². The van der Waals surface area contributed by atoms with Gasteiger partial charge in [-0.1, -0.05) is 24.3 Å². The van der Waals surface area contributed by atoms with Crippen molar-refractivity contribution in [1.82, 2.24) is 9.55 Å². The minimum absolute atomic E-state index is 0.122. The minimum atomic E-state index is -4.53. The zero-order valence-corrected chi connectivity index (χ0v) is 13.5. The topological polar surface area (TPSA) is 34.9 Å². The molecule has 0 spiro atoms. The molecule has 0 bridgehead atoms. The molecule has 3 aromatic rings. The molecule has 1 saturated carbocycles. The van der Waals surface area contributed by atoms with Crippen molar-refractivity contribution in [3.63, 3.8) is 0 Å². The van der Waals surface area contributed by atoms with Crippen molar-refractivity contribution >= 4 is 10.9 Å². The maximum absolute atomic E-state index is 13.3. The molecule has 0 unspecified atom stereocenters. The largest absolute Gasteiger partial charge is 0.416 e. The third-order valence-corrected chi connectivity index (χ3v) is 4.60. The van der Waals surface area contributed by atoms with Crippen LogP contribution in [0.5, 0.6) is 0 Å². The van der Waals surface area contributed by atoms with Crippen LogP contribution >= 0.6 is 0 Å². The summed E-state index contributed by atoms with van der Waals surface area (Å²) in [5.41, 5.74) is -0.626. The molecule has 26 heavy (non-hydrogen) atoms. The number of benzene rings is 2. The average Bonchev–Trinajstić information content (AvgIpc) is 3.29. The number of fused-ring (bicyclic) bond motifs is 1. The van der Waals surface area contributed by atoms with Crippen LogP contribution in [-0.2, 0) is 12.6 Å². The number of hydrogen-bond donors (Lipinski definition) is 0. The Hall–Kier alpha value is -2.70. The Balaban J connectivity index is 1.98. The first-order valence-corrected chi connectivity index (χ1v) is 8.17. The molecule has 1 aromatic heterocycles. The van der Waals surface area contributed by atoms with Crippen LogP contribution in [0.4, 0.5) is 17.6 Å². The highest BCUT2D eigenvalue weighted by molar-refractivity contribution is 5.83. The first-order chi connectivity index (χ1) is 12.3. The van der Waals surface area contributed by atoms with E-state index >= 15 is 0 Å². The Bertz CT molecular complexity index is 1030. The Morgan fingerprint density at radius 3 is 2.42 bits per heavy atom. The highest BCUT2D eigenvalue weighted by Gasteiger charge is 2.38. The Morgan fingerprint density at radius 2 is 1.81 bits per heavy atom. The SMILES string of the molecule is O=c1nc(C[C@H]2C[C@H]2F)c2ccc(C(F)(F)F)cc2n1-c1ccccc1. The number of aromatic nitrogens is 2. The molecular weight excluding hydrogens is 348 g/mol. The second-order valence-corrected chi connectivity index (χ2v) is 6.46. The van der Waals surface area contributed by atoms with Crippen LogP contribution in [0.25, 0.3) is 16.6 Å². The van der Waals surface area contributed by atoms with E-state index in [1.165, 1.54) is 6.07 Å². The van der Waals surface area contributed by atoms with Crippen LogP contribution < -0.4 is 5.69 Å². The number of nitrogens with zero attached hydrogens (tertiary/aromatic N) is 2. The van der Waals surface area contributed by atoms with Crippen molar-refractivity contribution in [1.29, 1.82) is 0 Å². The van der Waals surface area contributed by atoms with Crippen LogP contribution in [0.1, 0.15) is 17.7 Å². The molecule has 0 saturated heterocycles. The van der Waals surface area contributed by atoms with Gasteiger partial charge in [-0.25, -0.2) is 9.18 Å². The van der Waals surface area contributed by atoms with Gasteiger partial charge in [0.2, 0.25) is 0 Å².